The number of carbonyl (C=O) groups excluding carboxylic acids is 1. The summed E-state index contributed by atoms with van der Waals surface area (Å²) in [5, 5.41) is 11.6. The predicted molar refractivity (Wildman–Crippen MR) is 92.6 cm³/mol. The number of benzene rings is 2. The van der Waals surface area contributed by atoms with Crippen LogP contribution in [0.2, 0.25) is 0 Å². The van der Waals surface area contributed by atoms with E-state index in [1.165, 1.54) is 12.1 Å². The van der Waals surface area contributed by atoms with Crippen molar-refractivity contribution < 1.29 is 27.9 Å². The highest BCUT2D eigenvalue weighted by atomic mass is 79.9. The van der Waals surface area contributed by atoms with Gasteiger partial charge in [-0.15, -0.1) is 0 Å². The van der Waals surface area contributed by atoms with E-state index in [-0.39, 0.29) is 18.4 Å². The lowest BCUT2D eigenvalue weighted by Crippen LogP contribution is -2.43. The number of carbonyl (C=O) groups is 2. The average Bonchev–Trinajstić information content (AvgIpc) is 2.55. The number of aliphatic carboxylic acids is 1. The molecule has 26 heavy (non-hydrogen) atoms. The number of nitrogens with one attached hydrogen (secondary N) is 1. The molecule has 0 spiro atoms. The van der Waals surface area contributed by atoms with Crippen molar-refractivity contribution in [1.82, 2.24) is 5.32 Å². The van der Waals surface area contributed by atoms with Gasteiger partial charge in [0.05, 0.1) is 12.0 Å². The zero-order valence-corrected chi connectivity index (χ0v) is 15.0. The number of carboxylic acids is 1. The predicted octanol–water partition coefficient (Wildman–Crippen LogP) is 3.82. The normalized spacial score (nSPS) is 12.5. The van der Waals surface area contributed by atoms with Crippen molar-refractivity contribution in [2.75, 3.05) is 0 Å². The monoisotopic (exact) mass is 429 g/mol. The summed E-state index contributed by atoms with van der Waals surface area (Å²) >= 11 is 3.27. The molecule has 2 aromatic carbocycles. The zero-order chi connectivity index (χ0) is 19.3. The second kappa shape index (κ2) is 8.35. The van der Waals surface area contributed by atoms with Crippen LogP contribution in [0, 0.1) is 0 Å². The molecule has 0 bridgehead atoms. The number of halogens is 4. The summed E-state index contributed by atoms with van der Waals surface area (Å²) in [6, 6.07) is 10.2. The van der Waals surface area contributed by atoms with Gasteiger partial charge in [0.1, 0.15) is 6.04 Å². The topological polar surface area (TPSA) is 66.4 Å². The summed E-state index contributed by atoms with van der Waals surface area (Å²) in [5.74, 6) is -1.88. The van der Waals surface area contributed by atoms with Gasteiger partial charge in [0, 0.05) is 10.9 Å². The Bertz CT molecular complexity index is 791. The minimum Gasteiger partial charge on any atom is -0.480 e. The highest BCUT2D eigenvalue weighted by molar-refractivity contribution is 9.10. The molecule has 0 aliphatic rings. The summed E-state index contributed by atoms with van der Waals surface area (Å²) in [6.07, 6.45) is -4.78. The molecule has 2 N–H and O–H groups in total. The maximum absolute atomic E-state index is 12.7. The number of amides is 1. The van der Waals surface area contributed by atoms with Crippen LogP contribution in [0.3, 0.4) is 0 Å². The second-order valence-electron chi connectivity index (χ2n) is 5.66. The Morgan fingerprint density at radius 3 is 2.31 bits per heavy atom. The Labute approximate surface area is 156 Å². The molecule has 8 heteroatoms. The van der Waals surface area contributed by atoms with Crippen molar-refractivity contribution in [3.63, 3.8) is 0 Å². The summed E-state index contributed by atoms with van der Waals surface area (Å²) in [6.45, 7) is 0. The summed E-state index contributed by atoms with van der Waals surface area (Å²) in [7, 11) is 0. The van der Waals surface area contributed by atoms with Crippen molar-refractivity contribution in [3.8, 4) is 0 Å². The van der Waals surface area contributed by atoms with Crippen LogP contribution in [-0.2, 0) is 28.6 Å². The molecule has 0 unspecified atom stereocenters. The maximum Gasteiger partial charge on any atom is 0.416 e. The van der Waals surface area contributed by atoms with Crippen LogP contribution < -0.4 is 5.32 Å². The molecular weight excluding hydrogens is 415 g/mol. The fraction of sp³-hybridized carbons (Fsp3) is 0.222. The van der Waals surface area contributed by atoms with Gasteiger partial charge in [-0.3, -0.25) is 4.79 Å². The molecule has 2 aromatic rings. The van der Waals surface area contributed by atoms with Crippen LogP contribution in [0.5, 0.6) is 0 Å². The van der Waals surface area contributed by atoms with Gasteiger partial charge in [0.15, 0.2) is 0 Å². The minimum atomic E-state index is -4.50. The standard InChI is InChI=1S/C18H15BrF3NO3/c19-14-6-4-11(5-7-14)9-15(17(25)26)23-16(24)10-12-2-1-3-13(8-12)18(20,21)22/h1-8,15H,9-10H2,(H,23,24)(H,25,26)/t15-/m1/s1. The van der Waals surface area contributed by atoms with E-state index in [1.54, 1.807) is 24.3 Å². The lowest BCUT2D eigenvalue weighted by atomic mass is 10.0. The van der Waals surface area contributed by atoms with Gasteiger partial charge in [0.2, 0.25) is 5.91 Å². The summed E-state index contributed by atoms with van der Waals surface area (Å²) < 4.78 is 39.0. The van der Waals surface area contributed by atoms with Crippen LogP contribution in [0.25, 0.3) is 0 Å². The Morgan fingerprint density at radius 1 is 1.08 bits per heavy atom. The average molecular weight is 430 g/mol. The molecule has 4 nitrogen and oxygen atoms in total. The molecule has 138 valence electrons. The number of alkyl halides is 3. The third-order valence-electron chi connectivity index (χ3n) is 3.61. The van der Waals surface area contributed by atoms with Gasteiger partial charge in [-0.1, -0.05) is 46.3 Å². The van der Waals surface area contributed by atoms with Crippen LogP contribution in [0.4, 0.5) is 13.2 Å². The molecule has 0 heterocycles. The van der Waals surface area contributed by atoms with Crippen molar-refractivity contribution in [3.05, 3.63) is 69.7 Å². The zero-order valence-electron chi connectivity index (χ0n) is 13.4. The fourth-order valence-electron chi connectivity index (χ4n) is 2.34. The number of hydrogen-bond acceptors (Lipinski definition) is 2. The van der Waals surface area contributed by atoms with E-state index in [0.717, 1.165) is 16.6 Å². The van der Waals surface area contributed by atoms with Gasteiger partial charge >= 0.3 is 12.1 Å². The van der Waals surface area contributed by atoms with E-state index in [4.69, 9.17) is 0 Å². The summed E-state index contributed by atoms with van der Waals surface area (Å²) in [4.78, 5) is 23.4. The highest BCUT2D eigenvalue weighted by Crippen LogP contribution is 2.29. The number of carboxylic acid groups (broad SMARTS) is 1. The lowest BCUT2D eigenvalue weighted by Gasteiger charge is -2.15. The molecular formula is C18H15BrF3NO3. The van der Waals surface area contributed by atoms with Gasteiger partial charge in [-0.25, -0.2) is 4.79 Å². The smallest absolute Gasteiger partial charge is 0.416 e. The van der Waals surface area contributed by atoms with Gasteiger partial charge in [-0.05, 0) is 29.3 Å². The Hall–Kier alpha value is -2.35. The van der Waals surface area contributed by atoms with E-state index in [0.29, 0.717) is 5.56 Å². The number of rotatable bonds is 6. The SMILES string of the molecule is O=C(Cc1cccc(C(F)(F)F)c1)N[C@H](Cc1ccc(Br)cc1)C(=O)O. The third-order valence-corrected chi connectivity index (χ3v) is 4.13. The van der Waals surface area contributed by atoms with Gasteiger partial charge in [-0.2, -0.15) is 13.2 Å². The van der Waals surface area contributed by atoms with E-state index in [1.807, 2.05) is 0 Å². The van der Waals surface area contributed by atoms with E-state index < -0.39 is 29.7 Å². The van der Waals surface area contributed by atoms with E-state index in [2.05, 4.69) is 21.2 Å². The fourth-order valence-corrected chi connectivity index (χ4v) is 2.61. The first-order valence-electron chi connectivity index (χ1n) is 7.58. The molecule has 2 rings (SSSR count). The molecule has 0 saturated heterocycles. The van der Waals surface area contributed by atoms with Crippen LogP contribution in [-0.4, -0.2) is 23.0 Å². The van der Waals surface area contributed by atoms with E-state index >= 15 is 0 Å². The Balaban J connectivity index is 2.04. The van der Waals surface area contributed by atoms with Crippen molar-refractivity contribution in [2.45, 2.75) is 25.1 Å². The molecule has 0 aromatic heterocycles. The quantitative estimate of drug-likeness (QED) is 0.733. The van der Waals surface area contributed by atoms with Crippen LogP contribution in [0.1, 0.15) is 16.7 Å². The van der Waals surface area contributed by atoms with Crippen LogP contribution in [0.15, 0.2) is 53.0 Å². The molecule has 0 fully saturated rings. The number of hydrogen-bond donors (Lipinski definition) is 2. The largest absolute Gasteiger partial charge is 0.480 e. The first-order chi connectivity index (χ1) is 12.1. The van der Waals surface area contributed by atoms with Gasteiger partial charge < -0.3 is 10.4 Å². The Morgan fingerprint density at radius 2 is 1.73 bits per heavy atom. The second-order valence-corrected chi connectivity index (χ2v) is 6.58. The van der Waals surface area contributed by atoms with Crippen molar-refractivity contribution in [2.24, 2.45) is 0 Å². The lowest BCUT2D eigenvalue weighted by molar-refractivity contribution is -0.141. The first kappa shape index (κ1) is 20.0. The van der Waals surface area contributed by atoms with E-state index in [9.17, 15) is 27.9 Å². The first-order valence-corrected chi connectivity index (χ1v) is 8.37. The maximum atomic E-state index is 12.7. The molecule has 0 radical (unpaired) electrons. The minimum absolute atomic E-state index is 0.0664. The van der Waals surface area contributed by atoms with Gasteiger partial charge in [0.25, 0.3) is 0 Å². The highest BCUT2D eigenvalue weighted by Gasteiger charge is 2.30. The summed E-state index contributed by atoms with van der Waals surface area (Å²) in [5.41, 5.74) is 0.0116. The Kier molecular flexibility index (Phi) is 6.42. The third kappa shape index (κ3) is 5.87. The molecule has 0 aliphatic carbocycles. The van der Waals surface area contributed by atoms with Crippen molar-refractivity contribution in [1.29, 1.82) is 0 Å². The molecule has 0 aliphatic heterocycles. The van der Waals surface area contributed by atoms with Crippen molar-refractivity contribution >= 4 is 27.8 Å². The molecule has 1 atom stereocenters. The molecule has 0 saturated carbocycles. The van der Waals surface area contributed by atoms with Crippen LogP contribution >= 0.6 is 15.9 Å². The molecule has 1 amide bonds.